The van der Waals surface area contributed by atoms with Crippen molar-refractivity contribution in [2.24, 2.45) is 0 Å². The van der Waals surface area contributed by atoms with Gasteiger partial charge in [-0.1, -0.05) is 66.8 Å². The number of aromatic nitrogens is 3. The summed E-state index contributed by atoms with van der Waals surface area (Å²) >= 11 is 25.8. The number of anilines is 2. The van der Waals surface area contributed by atoms with E-state index in [9.17, 15) is 14.9 Å². The summed E-state index contributed by atoms with van der Waals surface area (Å²) in [4.78, 5) is 40.3. The van der Waals surface area contributed by atoms with Crippen molar-refractivity contribution < 1.29 is 9.18 Å². The number of carbonyl (C=O) groups excluding carboxylic acids is 1. The van der Waals surface area contributed by atoms with Crippen LogP contribution in [0.1, 0.15) is 50.4 Å². The summed E-state index contributed by atoms with van der Waals surface area (Å²) < 4.78 is 16.5. The predicted octanol–water partition coefficient (Wildman–Crippen LogP) is 7.70. The lowest BCUT2D eigenvalue weighted by Crippen LogP contribution is -2.58. The zero-order valence-corrected chi connectivity index (χ0v) is 29.2. The fourth-order valence-corrected chi connectivity index (χ4v) is 7.24. The number of fused-ring (bicyclic) bond motifs is 1. The molecule has 14 heteroatoms. The Bertz CT molecular complexity index is 2050. The summed E-state index contributed by atoms with van der Waals surface area (Å²) in [6.45, 7) is 13.6. The molecule has 1 fully saturated rings. The van der Waals surface area contributed by atoms with Crippen molar-refractivity contribution >= 4 is 74.7 Å². The quantitative estimate of drug-likeness (QED) is 0.0973. The van der Waals surface area contributed by atoms with Gasteiger partial charge in [0.05, 0.1) is 48.5 Å². The van der Waals surface area contributed by atoms with Crippen LogP contribution in [0.25, 0.3) is 28.0 Å². The average Bonchev–Trinajstić information content (AvgIpc) is 3.02. The number of nitrogens with zero attached hydrogens (tertiary/aromatic N) is 6. The number of benzene rings is 1. The van der Waals surface area contributed by atoms with E-state index in [1.54, 1.807) is 23.2 Å². The molecule has 1 aromatic carbocycles. The number of hydrogen-bond donors (Lipinski definition) is 1. The van der Waals surface area contributed by atoms with E-state index in [4.69, 9.17) is 57.1 Å². The second-order valence-electron chi connectivity index (χ2n) is 11.8. The van der Waals surface area contributed by atoms with Gasteiger partial charge in [-0.2, -0.15) is 5.26 Å². The standard InChI is InChI=1S/C33H30Cl4FN7O2/c1-7-21(46)44-16(5)12-43(13-17(44)6)31-18-10-20(34)29(22-23(35)24(36)25(37)26(38)27(22)40)42-32(18)45(33(47)19(31)11-39)30-15(4)8-9-41-28(30)14(2)3/h7-10,14,16-17H,1,12-13,40H2,2-6H3/t16-,17+. The van der Waals surface area contributed by atoms with E-state index in [-0.39, 0.29) is 74.5 Å². The number of nitrogen functional groups attached to an aromatic ring is 1. The molecular formula is C33H30Cl4FN7O2. The summed E-state index contributed by atoms with van der Waals surface area (Å²) in [5.74, 6) is -1.36. The van der Waals surface area contributed by atoms with E-state index in [0.29, 0.717) is 28.0 Å². The van der Waals surface area contributed by atoms with Crippen molar-refractivity contribution in [1.29, 1.82) is 5.26 Å². The van der Waals surface area contributed by atoms with Crippen LogP contribution in [-0.2, 0) is 4.79 Å². The Labute approximate surface area is 290 Å². The lowest BCUT2D eigenvalue weighted by atomic mass is 10.0. The largest absolute Gasteiger partial charge is 0.396 e. The molecule has 1 aliphatic rings. The Balaban J connectivity index is 1.95. The van der Waals surface area contributed by atoms with Crippen molar-refractivity contribution in [3.05, 3.63) is 84.1 Å². The first-order valence-corrected chi connectivity index (χ1v) is 16.1. The molecule has 1 aliphatic heterocycles. The van der Waals surface area contributed by atoms with Gasteiger partial charge >= 0.3 is 0 Å². The van der Waals surface area contributed by atoms with Crippen LogP contribution in [0.15, 0.2) is 35.8 Å². The van der Waals surface area contributed by atoms with Gasteiger partial charge in [-0.15, -0.1) is 0 Å². The van der Waals surface area contributed by atoms with Crippen LogP contribution in [0, 0.1) is 24.1 Å². The molecule has 0 bridgehead atoms. The summed E-state index contributed by atoms with van der Waals surface area (Å²) in [5, 5.41) is 9.96. The molecule has 1 amide bonds. The summed E-state index contributed by atoms with van der Waals surface area (Å²) in [5.41, 5.74) is 6.85. The minimum absolute atomic E-state index is 0.00668. The second-order valence-corrected chi connectivity index (χ2v) is 13.3. The Kier molecular flexibility index (Phi) is 9.50. The van der Waals surface area contributed by atoms with Gasteiger partial charge in [-0.25, -0.2) is 9.37 Å². The highest BCUT2D eigenvalue weighted by Gasteiger charge is 2.36. The molecular weight excluding hydrogens is 687 g/mol. The predicted molar refractivity (Wildman–Crippen MR) is 187 cm³/mol. The van der Waals surface area contributed by atoms with Crippen molar-refractivity contribution in [2.45, 2.75) is 52.6 Å². The van der Waals surface area contributed by atoms with Gasteiger partial charge in [0.2, 0.25) is 5.91 Å². The molecule has 2 atom stereocenters. The van der Waals surface area contributed by atoms with E-state index < -0.39 is 22.1 Å². The molecule has 4 aromatic rings. The number of aryl methyl sites for hydroxylation is 1. The van der Waals surface area contributed by atoms with Gasteiger partial charge < -0.3 is 15.5 Å². The minimum Gasteiger partial charge on any atom is -0.396 e. The summed E-state index contributed by atoms with van der Waals surface area (Å²) in [7, 11) is 0. The number of piperazine rings is 1. The third kappa shape index (κ3) is 5.59. The maximum Gasteiger partial charge on any atom is 0.276 e. The molecule has 0 saturated carbocycles. The lowest BCUT2D eigenvalue weighted by Gasteiger charge is -2.45. The average molecular weight is 717 g/mol. The number of nitriles is 1. The van der Waals surface area contributed by atoms with Crippen molar-refractivity contribution in [1.82, 2.24) is 19.4 Å². The number of hydrogen-bond acceptors (Lipinski definition) is 7. The summed E-state index contributed by atoms with van der Waals surface area (Å²) in [6.07, 6.45) is 2.90. The normalized spacial score (nSPS) is 16.6. The molecule has 244 valence electrons. The van der Waals surface area contributed by atoms with E-state index in [2.05, 4.69) is 17.6 Å². The monoisotopic (exact) mass is 715 g/mol. The van der Waals surface area contributed by atoms with Crippen LogP contribution < -0.4 is 16.2 Å². The number of nitrogens with two attached hydrogens (primary N) is 1. The SMILES string of the molecule is C=CC(=O)N1[C@H](C)CN(c2c(C#N)c(=O)n(-c3c(C)ccnc3C(C)C)c3nc(-c4c(N)c(F)c(Cl)c(Cl)c4Cl)c(Cl)cc23)C[C@@H]1C. The highest BCUT2D eigenvalue weighted by molar-refractivity contribution is 6.50. The van der Waals surface area contributed by atoms with Gasteiger partial charge in [-0.3, -0.25) is 19.1 Å². The van der Waals surface area contributed by atoms with Gasteiger partial charge in [0.1, 0.15) is 17.3 Å². The molecule has 47 heavy (non-hydrogen) atoms. The van der Waals surface area contributed by atoms with Crippen LogP contribution in [0.2, 0.25) is 20.1 Å². The highest BCUT2D eigenvalue weighted by atomic mass is 35.5. The Morgan fingerprint density at radius 3 is 2.36 bits per heavy atom. The first-order valence-electron chi connectivity index (χ1n) is 14.6. The third-order valence-corrected chi connectivity index (χ3v) is 9.91. The van der Waals surface area contributed by atoms with Crippen molar-refractivity contribution in [3.63, 3.8) is 0 Å². The van der Waals surface area contributed by atoms with Crippen LogP contribution in [0.3, 0.4) is 0 Å². The molecule has 0 spiro atoms. The number of pyridine rings is 3. The number of amides is 1. The zero-order valence-electron chi connectivity index (χ0n) is 26.1. The van der Waals surface area contributed by atoms with Crippen LogP contribution in [0.5, 0.6) is 0 Å². The Morgan fingerprint density at radius 2 is 1.79 bits per heavy atom. The van der Waals surface area contributed by atoms with E-state index >= 15 is 4.39 Å². The van der Waals surface area contributed by atoms with E-state index in [1.807, 2.05) is 39.5 Å². The molecule has 0 unspecified atom stereocenters. The Hall–Kier alpha value is -3.88. The van der Waals surface area contributed by atoms with Gasteiger partial charge in [-0.05, 0) is 50.5 Å². The summed E-state index contributed by atoms with van der Waals surface area (Å²) in [6, 6.07) is 4.81. The van der Waals surface area contributed by atoms with E-state index in [0.717, 1.165) is 0 Å². The molecule has 4 heterocycles. The maximum atomic E-state index is 15.1. The highest BCUT2D eigenvalue weighted by Crippen LogP contribution is 2.47. The second kappa shape index (κ2) is 13.0. The minimum atomic E-state index is -1.01. The fourth-order valence-electron chi connectivity index (χ4n) is 6.29. The lowest BCUT2D eigenvalue weighted by molar-refractivity contribution is -0.130. The molecule has 1 saturated heterocycles. The van der Waals surface area contributed by atoms with E-state index in [1.165, 1.54) is 10.6 Å². The van der Waals surface area contributed by atoms with Crippen molar-refractivity contribution in [3.8, 4) is 23.0 Å². The van der Waals surface area contributed by atoms with Gasteiger partial charge in [0.15, 0.2) is 5.82 Å². The molecule has 2 N–H and O–H groups in total. The molecule has 0 radical (unpaired) electrons. The van der Waals surface area contributed by atoms with Crippen LogP contribution in [0.4, 0.5) is 15.8 Å². The zero-order chi connectivity index (χ0) is 34.6. The van der Waals surface area contributed by atoms with Gasteiger partial charge in [0.25, 0.3) is 5.56 Å². The van der Waals surface area contributed by atoms with Gasteiger partial charge in [0, 0.05) is 42.3 Å². The maximum absolute atomic E-state index is 15.1. The first kappa shape index (κ1) is 34.5. The molecule has 0 aliphatic carbocycles. The van der Waals surface area contributed by atoms with Crippen LogP contribution >= 0.6 is 46.4 Å². The number of carbonyl (C=O) groups is 1. The smallest absolute Gasteiger partial charge is 0.276 e. The Morgan fingerprint density at radius 1 is 1.15 bits per heavy atom. The fraction of sp³-hybridized carbons (Fsp3) is 0.303. The van der Waals surface area contributed by atoms with Crippen molar-refractivity contribution in [2.75, 3.05) is 23.7 Å². The molecule has 9 nitrogen and oxygen atoms in total. The number of rotatable bonds is 5. The molecule has 5 rings (SSSR count). The third-order valence-electron chi connectivity index (χ3n) is 8.32. The number of halogens is 5. The molecule has 3 aromatic heterocycles. The topological polar surface area (TPSA) is 121 Å². The van der Waals surface area contributed by atoms with Crippen LogP contribution in [-0.4, -0.2) is 50.5 Å². The first-order chi connectivity index (χ1) is 22.2.